The number of carbonyl (C=O) groups excluding carboxylic acids is 1. The number of aryl methyl sites for hydroxylation is 1. The van der Waals surface area contributed by atoms with Crippen LogP contribution in [-0.4, -0.2) is 42.4 Å². The highest BCUT2D eigenvalue weighted by molar-refractivity contribution is 5.92. The van der Waals surface area contributed by atoms with Crippen molar-refractivity contribution in [2.75, 3.05) is 26.7 Å². The molecule has 2 N–H and O–H groups in total. The zero-order chi connectivity index (χ0) is 16.9. The fraction of sp³-hybridized carbons (Fsp3) is 0.444. The SMILES string of the molecule is COc1ccc(C)cc1-n1ccc(C(=O)NCCC2CCNC2)n1. The Balaban J connectivity index is 1.64. The molecule has 0 spiro atoms. The van der Waals surface area contributed by atoms with Crippen LogP contribution in [0.15, 0.2) is 30.5 Å². The fourth-order valence-corrected chi connectivity index (χ4v) is 3.00. The zero-order valence-corrected chi connectivity index (χ0v) is 14.2. The summed E-state index contributed by atoms with van der Waals surface area (Å²) in [6, 6.07) is 7.61. The maximum atomic E-state index is 12.3. The first-order valence-corrected chi connectivity index (χ1v) is 8.37. The molecule has 6 heteroatoms. The molecule has 24 heavy (non-hydrogen) atoms. The van der Waals surface area contributed by atoms with Crippen LogP contribution in [0.25, 0.3) is 5.69 Å². The van der Waals surface area contributed by atoms with E-state index >= 15 is 0 Å². The molecule has 0 saturated carbocycles. The number of methoxy groups -OCH3 is 1. The van der Waals surface area contributed by atoms with Crippen molar-refractivity contribution in [1.82, 2.24) is 20.4 Å². The normalized spacial score (nSPS) is 17.0. The second kappa shape index (κ2) is 7.49. The van der Waals surface area contributed by atoms with Crippen LogP contribution >= 0.6 is 0 Å². The van der Waals surface area contributed by atoms with Crippen LogP contribution in [0.2, 0.25) is 0 Å². The quantitative estimate of drug-likeness (QED) is 0.850. The van der Waals surface area contributed by atoms with E-state index in [-0.39, 0.29) is 5.91 Å². The molecule has 6 nitrogen and oxygen atoms in total. The topological polar surface area (TPSA) is 68.2 Å². The van der Waals surface area contributed by atoms with Crippen molar-refractivity contribution in [2.24, 2.45) is 5.92 Å². The summed E-state index contributed by atoms with van der Waals surface area (Å²) in [5, 5.41) is 10.7. The minimum atomic E-state index is -0.133. The van der Waals surface area contributed by atoms with E-state index in [1.165, 1.54) is 6.42 Å². The predicted molar refractivity (Wildman–Crippen MR) is 92.8 cm³/mol. The number of ether oxygens (including phenoxy) is 1. The van der Waals surface area contributed by atoms with Gasteiger partial charge < -0.3 is 15.4 Å². The molecule has 1 atom stereocenters. The van der Waals surface area contributed by atoms with Crippen molar-refractivity contribution < 1.29 is 9.53 Å². The van der Waals surface area contributed by atoms with Gasteiger partial charge in [0, 0.05) is 12.7 Å². The Hall–Kier alpha value is -2.34. The average molecular weight is 328 g/mol. The Kier molecular flexibility index (Phi) is 5.15. The number of benzene rings is 1. The van der Waals surface area contributed by atoms with Crippen molar-refractivity contribution in [2.45, 2.75) is 19.8 Å². The Labute approximate surface area is 142 Å². The van der Waals surface area contributed by atoms with Gasteiger partial charge in [0.15, 0.2) is 5.69 Å². The first kappa shape index (κ1) is 16.5. The van der Waals surface area contributed by atoms with Gasteiger partial charge in [0.2, 0.25) is 0 Å². The summed E-state index contributed by atoms with van der Waals surface area (Å²) in [6.45, 7) is 4.84. The van der Waals surface area contributed by atoms with Crippen LogP contribution in [0.3, 0.4) is 0 Å². The highest BCUT2D eigenvalue weighted by Crippen LogP contribution is 2.23. The van der Waals surface area contributed by atoms with Crippen molar-refractivity contribution in [3.8, 4) is 11.4 Å². The number of carbonyl (C=O) groups is 1. The van der Waals surface area contributed by atoms with Gasteiger partial charge in [-0.05, 0) is 62.5 Å². The number of rotatable bonds is 6. The van der Waals surface area contributed by atoms with Crippen LogP contribution in [0.4, 0.5) is 0 Å². The second-order valence-electron chi connectivity index (χ2n) is 6.22. The molecule has 0 radical (unpaired) electrons. The Morgan fingerprint density at radius 3 is 3.08 bits per heavy atom. The molecule has 3 rings (SSSR count). The molecule has 128 valence electrons. The molecule has 1 aliphatic heterocycles. The lowest BCUT2D eigenvalue weighted by atomic mass is 10.1. The first-order chi connectivity index (χ1) is 11.7. The summed E-state index contributed by atoms with van der Waals surface area (Å²) >= 11 is 0. The van der Waals surface area contributed by atoms with E-state index in [1.54, 1.807) is 24.1 Å². The maximum Gasteiger partial charge on any atom is 0.271 e. The van der Waals surface area contributed by atoms with E-state index in [2.05, 4.69) is 15.7 Å². The summed E-state index contributed by atoms with van der Waals surface area (Å²) in [5.74, 6) is 1.26. The number of nitrogens with one attached hydrogen (secondary N) is 2. The smallest absolute Gasteiger partial charge is 0.271 e. The number of aromatic nitrogens is 2. The van der Waals surface area contributed by atoms with Crippen LogP contribution in [0.5, 0.6) is 5.75 Å². The number of hydrogen-bond acceptors (Lipinski definition) is 4. The minimum Gasteiger partial charge on any atom is -0.494 e. The van der Waals surface area contributed by atoms with E-state index < -0.39 is 0 Å². The lowest BCUT2D eigenvalue weighted by Gasteiger charge is -2.09. The molecule has 2 heterocycles. The molecule has 0 aliphatic carbocycles. The Morgan fingerprint density at radius 2 is 2.33 bits per heavy atom. The molecule has 1 aromatic heterocycles. The van der Waals surface area contributed by atoms with Gasteiger partial charge in [0.1, 0.15) is 11.4 Å². The number of hydrogen-bond donors (Lipinski definition) is 2. The molecule has 1 saturated heterocycles. The summed E-state index contributed by atoms with van der Waals surface area (Å²) < 4.78 is 7.06. The molecular weight excluding hydrogens is 304 g/mol. The largest absolute Gasteiger partial charge is 0.494 e. The third-order valence-electron chi connectivity index (χ3n) is 4.40. The molecule has 1 fully saturated rings. The van der Waals surface area contributed by atoms with Crippen molar-refractivity contribution in [3.05, 3.63) is 41.7 Å². The van der Waals surface area contributed by atoms with E-state index in [9.17, 15) is 4.79 Å². The van der Waals surface area contributed by atoms with Crippen molar-refractivity contribution in [3.63, 3.8) is 0 Å². The van der Waals surface area contributed by atoms with Gasteiger partial charge in [-0.15, -0.1) is 0 Å². The highest BCUT2D eigenvalue weighted by Gasteiger charge is 2.16. The molecule has 1 aromatic carbocycles. The van der Waals surface area contributed by atoms with E-state index in [4.69, 9.17) is 4.74 Å². The monoisotopic (exact) mass is 328 g/mol. The van der Waals surface area contributed by atoms with Gasteiger partial charge in [-0.25, -0.2) is 4.68 Å². The predicted octanol–water partition coefficient (Wildman–Crippen LogP) is 1.92. The van der Waals surface area contributed by atoms with E-state index in [0.29, 0.717) is 18.2 Å². The van der Waals surface area contributed by atoms with Gasteiger partial charge in [0.25, 0.3) is 5.91 Å². The van der Waals surface area contributed by atoms with Crippen LogP contribution in [0, 0.1) is 12.8 Å². The summed E-state index contributed by atoms with van der Waals surface area (Å²) in [5.41, 5.74) is 2.36. The third kappa shape index (κ3) is 3.76. The number of amides is 1. The average Bonchev–Trinajstić information content (AvgIpc) is 3.26. The summed E-state index contributed by atoms with van der Waals surface area (Å²) in [4.78, 5) is 12.3. The van der Waals surface area contributed by atoms with Crippen molar-refractivity contribution in [1.29, 1.82) is 0 Å². The Morgan fingerprint density at radius 1 is 1.46 bits per heavy atom. The number of nitrogens with zero attached hydrogens (tertiary/aromatic N) is 2. The lowest BCUT2D eigenvalue weighted by Crippen LogP contribution is -2.26. The molecule has 2 aromatic rings. The lowest BCUT2D eigenvalue weighted by molar-refractivity contribution is 0.0946. The minimum absolute atomic E-state index is 0.133. The van der Waals surface area contributed by atoms with E-state index in [0.717, 1.165) is 36.5 Å². The Bertz CT molecular complexity index is 705. The van der Waals surface area contributed by atoms with E-state index in [1.807, 2.05) is 25.1 Å². The standard InChI is InChI=1S/C18H24N4O2/c1-13-3-4-17(24-2)16(11-13)22-10-7-15(21-22)18(23)20-9-6-14-5-8-19-12-14/h3-4,7,10-11,14,19H,5-6,8-9,12H2,1-2H3,(H,20,23). The fourth-order valence-electron chi connectivity index (χ4n) is 3.00. The van der Waals surface area contributed by atoms with Gasteiger partial charge in [-0.3, -0.25) is 4.79 Å². The summed E-state index contributed by atoms with van der Waals surface area (Å²) in [6.07, 6.45) is 3.98. The zero-order valence-electron chi connectivity index (χ0n) is 14.2. The van der Waals surface area contributed by atoms with Crippen LogP contribution in [-0.2, 0) is 0 Å². The molecule has 1 aliphatic rings. The molecular formula is C18H24N4O2. The van der Waals surface area contributed by atoms with Gasteiger partial charge in [-0.2, -0.15) is 5.10 Å². The maximum absolute atomic E-state index is 12.3. The molecule has 0 bridgehead atoms. The molecule has 1 amide bonds. The van der Waals surface area contributed by atoms with Gasteiger partial charge in [-0.1, -0.05) is 6.07 Å². The third-order valence-corrected chi connectivity index (χ3v) is 4.40. The summed E-state index contributed by atoms with van der Waals surface area (Å²) in [7, 11) is 1.63. The van der Waals surface area contributed by atoms with Crippen LogP contribution in [0.1, 0.15) is 28.9 Å². The van der Waals surface area contributed by atoms with Crippen LogP contribution < -0.4 is 15.4 Å². The van der Waals surface area contributed by atoms with Gasteiger partial charge >= 0.3 is 0 Å². The van der Waals surface area contributed by atoms with Gasteiger partial charge in [0.05, 0.1) is 7.11 Å². The molecule has 1 unspecified atom stereocenters. The van der Waals surface area contributed by atoms with Crippen molar-refractivity contribution >= 4 is 5.91 Å². The first-order valence-electron chi connectivity index (χ1n) is 8.37. The second-order valence-corrected chi connectivity index (χ2v) is 6.22. The highest BCUT2D eigenvalue weighted by atomic mass is 16.5.